The molecule has 6 heteroatoms. The second-order valence-electron chi connectivity index (χ2n) is 7.52. The predicted molar refractivity (Wildman–Crippen MR) is 96.0 cm³/mol. The Morgan fingerprint density at radius 1 is 1.08 bits per heavy atom. The summed E-state index contributed by atoms with van der Waals surface area (Å²) >= 11 is 0. The van der Waals surface area contributed by atoms with E-state index in [1.165, 1.54) is 5.56 Å². The number of rotatable bonds is 3. The van der Waals surface area contributed by atoms with Crippen LogP contribution in [0.5, 0.6) is 0 Å². The molecule has 2 atom stereocenters. The number of aromatic nitrogens is 2. The van der Waals surface area contributed by atoms with Crippen LogP contribution in [0.4, 0.5) is 0 Å². The molecule has 3 rings (SSSR count). The van der Waals surface area contributed by atoms with E-state index in [1.54, 1.807) is 6.92 Å². The van der Waals surface area contributed by atoms with Crippen LogP contribution in [0.25, 0.3) is 0 Å². The summed E-state index contributed by atoms with van der Waals surface area (Å²) in [5.74, 6) is 0.276. The lowest BCUT2D eigenvalue weighted by Gasteiger charge is -2.36. The van der Waals surface area contributed by atoms with Gasteiger partial charge in [0.2, 0.25) is 11.8 Å². The highest BCUT2D eigenvalue weighted by Crippen LogP contribution is 2.36. The lowest BCUT2D eigenvalue weighted by molar-refractivity contribution is -0.137. The fourth-order valence-electron chi connectivity index (χ4n) is 4.58. The molecule has 2 fully saturated rings. The molecule has 3 heterocycles. The van der Waals surface area contributed by atoms with Crippen LogP contribution in [-0.2, 0) is 16.6 Å². The minimum Gasteiger partial charge on any atom is -0.339 e. The molecule has 2 saturated heterocycles. The number of hydrogen-bond donors (Lipinski definition) is 0. The van der Waals surface area contributed by atoms with E-state index in [0.717, 1.165) is 56.6 Å². The van der Waals surface area contributed by atoms with Gasteiger partial charge < -0.3 is 9.80 Å². The zero-order valence-corrected chi connectivity index (χ0v) is 15.9. The van der Waals surface area contributed by atoms with Gasteiger partial charge in [-0.25, -0.2) is 0 Å². The van der Waals surface area contributed by atoms with Crippen molar-refractivity contribution in [2.75, 3.05) is 13.1 Å². The minimum absolute atomic E-state index is 0.0658. The molecule has 0 N–H and O–H groups in total. The molecule has 1 aromatic heterocycles. The average Bonchev–Trinajstić information content (AvgIpc) is 3.12. The van der Waals surface area contributed by atoms with Crippen LogP contribution in [0.1, 0.15) is 68.4 Å². The first-order valence-corrected chi connectivity index (χ1v) is 9.47. The van der Waals surface area contributed by atoms with Crippen molar-refractivity contribution in [1.29, 1.82) is 0 Å². The summed E-state index contributed by atoms with van der Waals surface area (Å²) in [6.45, 7) is 7.32. The van der Waals surface area contributed by atoms with Crippen LogP contribution >= 0.6 is 0 Å². The largest absolute Gasteiger partial charge is 0.339 e. The van der Waals surface area contributed by atoms with E-state index < -0.39 is 0 Å². The standard InChI is InChI=1S/C19H30N4O2/c1-13-19(14(2)21(4)20-13)17-9-7-11-23(17)18(25)12-16-8-5-6-10-22(16)15(3)24/h16-17H,5-12H2,1-4H3. The monoisotopic (exact) mass is 346 g/mol. The van der Waals surface area contributed by atoms with Gasteiger partial charge in [-0.3, -0.25) is 14.3 Å². The molecular formula is C19H30N4O2. The smallest absolute Gasteiger partial charge is 0.225 e. The number of likely N-dealkylation sites (tertiary alicyclic amines) is 2. The van der Waals surface area contributed by atoms with Crippen molar-refractivity contribution in [2.45, 2.75) is 71.4 Å². The molecule has 6 nitrogen and oxygen atoms in total. The molecule has 138 valence electrons. The van der Waals surface area contributed by atoms with Crippen molar-refractivity contribution < 1.29 is 9.59 Å². The van der Waals surface area contributed by atoms with Gasteiger partial charge in [0.25, 0.3) is 0 Å². The van der Waals surface area contributed by atoms with Crippen LogP contribution in [0.2, 0.25) is 0 Å². The maximum Gasteiger partial charge on any atom is 0.225 e. The second-order valence-corrected chi connectivity index (χ2v) is 7.52. The molecule has 0 aliphatic carbocycles. The summed E-state index contributed by atoms with van der Waals surface area (Å²) in [6, 6.07) is 0.201. The van der Waals surface area contributed by atoms with E-state index in [0.29, 0.717) is 6.42 Å². The fourth-order valence-corrected chi connectivity index (χ4v) is 4.58. The zero-order valence-electron chi connectivity index (χ0n) is 15.9. The molecule has 0 saturated carbocycles. The van der Waals surface area contributed by atoms with Gasteiger partial charge in [0.15, 0.2) is 0 Å². The summed E-state index contributed by atoms with van der Waals surface area (Å²) in [6.07, 6.45) is 5.57. The Balaban J connectivity index is 1.75. The van der Waals surface area contributed by atoms with E-state index >= 15 is 0 Å². The minimum atomic E-state index is 0.0658. The van der Waals surface area contributed by atoms with Crippen molar-refractivity contribution in [2.24, 2.45) is 7.05 Å². The number of hydrogen-bond acceptors (Lipinski definition) is 3. The quantitative estimate of drug-likeness (QED) is 0.845. The highest BCUT2D eigenvalue weighted by Gasteiger charge is 2.35. The van der Waals surface area contributed by atoms with Crippen molar-refractivity contribution in [3.8, 4) is 0 Å². The fraction of sp³-hybridized carbons (Fsp3) is 0.737. The van der Waals surface area contributed by atoms with Gasteiger partial charge in [0.05, 0.1) is 11.7 Å². The van der Waals surface area contributed by atoms with Crippen LogP contribution in [-0.4, -0.2) is 50.5 Å². The van der Waals surface area contributed by atoms with Gasteiger partial charge in [0, 0.05) is 50.8 Å². The molecule has 2 amide bonds. The number of carbonyl (C=O) groups excluding carboxylic acids is 2. The van der Waals surface area contributed by atoms with Gasteiger partial charge in [-0.2, -0.15) is 5.10 Å². The van der Waals surface area contributed by atoms with Crippen LogP contribution in [0, 0.1) is 13.8 Å². The molecule has 0 bridgehead atoms. The topological polar surface area (TPSA) is 58.4 Å². The number of carbonyl (C=O) groups is 2. The Hall–Kier alpha value is -1.85. The van der Waals surface area contributed by atoms with Crippen molar-refractivity contribution in [3.05, 3.63) is 17.0 Å². The van der Waals surface area contributed by atoms with Gasteiger partial charge in [-0.05, 0) is 46.0 Å². The van der Waals surface area contributed by atoms with Crippen LogP contribution in [0.3, 0.4) is 0 Å². The zero-order chi connectivity index (χ0) is 18.1. The van der Waals surface area contributed by atoms with Crippen molar-refractivity contribution in [1.82, 2.24) is 19.6 Å². The Kier molecular flexibility index (Phi) is 5.16. The Morgan fingerprint density at radius 3 is 2.44 bits per heavy atom. The number of aryl methyl sites for hydroxylation is 2. The second kappa shape index (κ2) is 7.18. The number of amides is 2. The van der Waals surface area contributed by atoms with E-state index in [4.69, 9.17) is 0 Å². The SMILES string of the molecule is CC(=O)N1CCCCC1CC(=O)N1CCCC1c1c(C)nn(C)c1C. The summed E-state index contributed by atoms with van der Waals surface area (Å²) in [7, 11) is 1.96. The molecule has 0 radical (unpaired) electrons. The average molecular weight is 346 g/mol. The summed E-state index contributed by atoms with van der Waals surface area (Å²) < 4.78 is 1.91. The first-order valence-electron chi connectivity index (χ1n) is 9.47. The highest BCUT2D eigenvalue weighted by atomic mass is 16.2. The molecule has 0 aromatic carbocycles. The highest BCUT2D eigenvalue weighted by molar-refractivity contribution is 5.79. The maximum absolute atomic E-state index is 13.1. The maximum atomic E-state index is 13.1. The molecular weight excluding hydrogens is 316 g/mol. The first-order chi connectivity index (χ1) is 11.9. The Morgan fingerprint density at radius 2 is 1.80 bits per heavy atom. The molecule has 1 aromatic rings. The lowest BCUT2D eigenvalue weighted by atomic mass is 9.97. The molecule has 2 aliphatic heterocycles. The Bertz CT molecular complexity index is 667. The summed E-state index contributed by atoms with van der Waals surface area (Å²) in [4.78, 5) is 28.9. The van der Waals surface area contributed by atoms with Gasteiger partial charge >= 0.3 is 0 Å². The normalized spacial score (nSPS) is 24.0. The van der Waals surface area contributed by atoms with Crippen molar-refractivity contribution in [3.63, 3.8) is 0 Å². The van der Waals surface area contributed by atoms with E-state index in [-0.39, 0.29) is 23.9 Å². The predicted octanol–water partition coefficient (Wildman–Crippen LogP) is 2.49. The Labute approximate surface area is 150 Å². The van der Waals surface area contributed by atoms with Gasteiger partial charge in [0.1, 0.15) is 0 Å². The van der Waals surface area contributed by atoms with Crippen LogP contribution < -0.4 is 0 Å². The molecule has 0 spiro atoms. The summed E-state index contributed by atoms with van der Waals surface area (Å²) in [5, 5.41) is 4.53. The van der Waals surface area contributed by atoms with Crippen molar-refractivity contribution >= 4 is 11.8 Å². The third-order valence-corrected chi connectivity index (χ3v) is 5.91. The third kappa shape index (κ3) is 3.44. The van der Waals surface area contributed by atoms with E-state index in [2.05, 4.69) is 12.0 Å². The first kappa shape index (κ1) is 18.0. The lowest BCUT2D eigenvalue weighted by Crippen LogP contribution is -2.45. The molecule has 25 heavy (non-hydrogen) atoms. The van der Waals surface area contributed by atoms with Gasteiger partial charge in [-0.15, -0.1) is 0 Å². The third-order valence-electron chi connectivity index (χ3n) is 5.91. The summed E-state index contributed by atoms with van der Waals surface area (Å²) in [5.41, 5.74) is 3.37. The number of piperidine rings is 1. The number of nitrogens with zero attached hydrogens (tertiary/aromatic N) is 4. The molecule has 2 unspecified atom stereocenters. The molecule has 2 aliphatic rings. The van der Waals surface area contributed by atoms with Crippen LogP contribution in [0.15, 0.2) is 0 Å². The van der Waals surface area contributed by atoms with E-state index in [9.17, 15) is 9.59 Å². The van der Waals surface area contributed by atoms with Gasteiger partial charge in [-0.1, -0.05) is 0 Å². The van der Waals surface area contributed by atoms with E-state index in [1.807, 2.05) is 28.5 Å².